The Balaban J connectivity index is 2.20. The zero-order chi connectivity index (χ0) is 8.81. The summed E-state index contributed by atoms with van der Waals surface area (Å²) in [6.45, 7) is 0.790. The van der Waals surface area contributed by atoms with E-state index in [-0.39, 0.29) is 0 Å². The van der Waals surface area contributed by atoms with E-state index in [1.54, 1.807) is 6.33 Å². The van der Waals surface area contributed by atoms with E-state index in [0.717, 1.165) is 31.6 Å². The number of nitrogens with zero attached hydrogens (tertiary/aromatic N) is 3. The summed E-state index contributed by atoms with van der Waals surface area (Å²) in [6.07, 6.45) is 6.19. The minimum absolute atomic E-state index is 0.790. The number of aryl methyl sites for hydroxylation is 2. The summed E-state index contributed by atoms with van der Waals surface area (Å²) in [6, 6.07) is 0. The van der Waals surface area contributed by atoms with Crippen LogP contribution in [0.15, 0.2) is 6.33 Å². The predicted octanol–water partition coefficient (Wildman–Crippen LogP) is 0.487. The van der Waals surface area contributed by atoms with E-state index in [1.807, 2.05) is 11.6 Å². The molecule has 2 N–H and O–H groups in total. The Morgan fingerprint density at radius 1 is 1.42 bits per heavy atom. The summed E-state index contributed by atoms with van der Waals surface area (Å²) in [7, 11) is 1.97. The molecule has 0 amide bonds. The van der Waals surface area contributed by atoms with Gasteiger partial charge >= 0.3 is 0 Å². The summed E-state index contributed by atoms with van der Waals surface area (Å²) in [4.78, 5) is 0. The average Bonchev–Trinajstić information content (AvgIpc) is 2.46. The molecule has 4 heteroatoms. The maximum Gasteiger partial charge on any atom is 0.132 e. The fourth-order valence-electron chi connectivity index (χ4n) is 1.14. The lowest BCUT2D eigenvalue weighted by Crippen LogP contribution is -2.00. The zero-order valence-corrected chi connectivity index (χ0v) is 7.53. The molecule has 0 aliphatic heterocycles. The van der Waals surface area contributed by atoms with Gasteiger partial charge in [-0.25, -0.2) is 0 Å². The Bertz CT molecular complexity index is 219. The summed E-state index contributed by atoms with van der Waals surface area (Å²) < 4.78 is 1.96. The van der Waals surface area contributed by atoms with Crippen molar-refractivity contribution in [1.82, 2.24) is 14.8 Å². The highest BCUT2D eigenvalue weighted by Crippen LogP contribution is 2.01. The van der Waals surface area contributed by atoms with Gasteiger partial charge in [0.15, 0.2) is 0 Å². The van der Waals surface area contributed by atoms with Gasteiger partial charge in [-0.05, 0) is 19.4 Å². The molecule has 0 atom stereocenters. The molecule has 1 heterocycles. The number of hydrogen-bond donors (Lipinski definition) is 1. The second-order valence-corrected chi connectivity index (χ2v) is 2.96. The molecule has 4 nitrogen and oxygen atoms in total. The standard InChI is InChI=1S/C8H16N4/c1-12-7-10-11-8(12)5-3-2-4-6-9/h7H,2-6,9H2,1H3. The normalized spacial score (nSPS) is 10.5. The number of nitrogens with two attached hydrogens (primary N) is 1. The van der Waals surface area contributed by atoms with Gasteiger partial charge in [0, 0.05) is 13.5 Å². The van der Waals surface area contributed by atoms with Crippen molar-refractivity contribution in [1.29, 1.82) is 0 Å². The Hall–Kier alpha value is -0.900. The molecular formula is C8H16N4. The van der Waals surface area contributed by atoms with Crippen LogP contribution in [0.1, 0.15) is 25.1 Å². The van der Waals surface area contributed by atoms with Crippen molar-refractivity contribution in [2.75, 3.05) is 6.54 Å². The van der Waals surface area contributed by atoms with Gasteiger partial charge in [0.25, 0.3) is 0 Å². The summed E-state index contributed by atoms with van der Waals surface area (Å²) >= 11 is 0. The Labute approximate surface area is 72.8 Å². The molecule has 68 valence electrons. The Morgan fingerprint density at radius 3 is 2.83 bits per heavy atom. The van der Waals surface area contributed by atoms with Crippen LogP contribution in [0.5, 0.6) is 0 Å². The number of unbranched alkanes of at least 4 members (excludes halogenated alkanes) is 2. The van der Waals surface area contributed by atoms with Crippen LogP contribution in [0.4, 0.5) is 0 Å². The molecule has 0 spiro atoms. The van der Waals surface area contributed by atoms with Crippen LogP contribution in [-0.4, -0.2) is 21.3 Å². The van der Waals surface area contributed by atoms with E-state index in [9.17, 15) is 0 Å². The van der Waals surface area contributed by atoms with Crippen molar-refractivity contribution < 1.29 is 0 Å². The van der Waals surface area contributed by atoms with E-state index in [2.05, 4.69) is 10.2 Å². The lowest BCUT2D eigenvalue weighted by Gasteiger charge is -1.98. The van der Waals surface area contributed by atoms with Gasteiger partial charge in [0.2, 0.25) is 0 Å². The molecule has 1 aromatic heterocycles. The summed E-state index contributed by atoms with van der Waals surface area (Å²) in [5, 5.41) is 7.80. The highest BCUT2D eigenvalue weighted by Gasteiger charge is 1.98. The number of aromatic nitrogens is 3. The SMILES string of the molecule is Cn1cnnc1CCCCCN. The summed E-state index contributed by atoms with van der Waals surface area (Å²) in [5.41, 5.74) is 5.38. The van der Waals surface area contributed by atoms with Crippen LogP contribution in [0, 0.1) is 0 Å². The van der Waals surface area contributed by atoms with Crippen molar-refractivity contribution >= 4 is 0 Å². The van der Waals surface area contributed by atoms with Crippen LogP contribution in [0.25, 0.3) is 0 Å². The maximum atomic E-state index is 5.38. The van der Waals surface area contributed by atoms with E-state index in [1.165, 1.54) is 6.42 Å². The van der Waals surface area contributed by atoms with E-state index < -0.39 is 0 Å². The van der Waals surface area contributed by atoms with Crippen LogP contribution in [0.2, 0.25) is 0 Å². The average molecular weight is 168 g/mol. The van der Waals surface area contributed by atoms with E-state index in [0.29, 0.717) is 0 Å². The molecule has 0 aliphatic carbocycles. The molecular weight excluding hydrogens is 152 g/mol. The molecule has 0 unspecified atom stereocenters. The Kier molecular flexibility index (Phi) is 3.73. The number of rotatable bonds is 5. The van der Waals surface area contributed by atoms with Crippen LogP contribution >= 0.6 is 0 Å². The minimum atomic E-state index is 0.790. The first-order chi connectivity index (χ1) is 5.84. The van der Waals surface area contributed by atoms with Gasteiger partial charge in [0.05, 0.1) is 0 Å². The Morgan fingerprint density at radius 2 is 2.25 bits per heavy atom. The molecule has 0 aliphatic rings. The van der Waals surface area contributed by atoms with E-state index >= 15 is 0 Å². The quantitative estimate of drug-likeness (QED) is 0.651. The third kappa shape index (κ3) is 2.62. The van der Waals surface area contributed by atoms with Gasteiger partial charge in [-0.1, -0.05) is 6.42 Å². The van der Waals surface area contributed by atoms with Crippen molar-refractivity contribution in [2.24, 2.45) is 12.8 Å². The van der Waals surface area contributed by atoms with Crippen molar-refractivity contribution in [3.63, 3.8) is 0 Å². The molecule has 1 aromatic rings. The fourth-order valence-corrected chi connectivity index (χ4v) is 1.14. The lowest BCUT2D eigenvalue weighted by atomic mass is 10.2. The van der Waals surface area contributed by atoms with Crippen LogP contribution in [0.3, 0.4) is 0 Å². The molecule has 0 saturated heterocycles. The summed E-state index contributed by atoms with van der Waals surface area (Å²) in [5.74, 6) is 1.06. The molecule has 0 aromatic carbocycles. The lowest BCUT2D eigenvalue weighted by molar-refractivity contribution is 0.651. The van der Waals surface area contributed by atoms with Crippen molar-refractivity contribution in [3.8, 4) is 0 Å². The van der Waals surface area contributed by atoms with Gasteiger partial charge < -0.3 is 10.3 Å². The predicted molar refractivity (Wildman–Crippen MR) is 47.6 cm³/mol. The van der Waals surface area contributed by atoms with E-state index in [4.69, 9.17) is 5.73 Å². The molecule has 1 rings (SSSR count). The molecule has 0 saturated carbocycles. The smallest absolute Gasteiger partial charge is 0.132 e. The van der Waals surface area contributed by atoms with Crippen molar-refractivity contribution in [3.05, 3.63) is 12.2 Å². The monoisotopic (exact) mass is 168 g/mol. The topological polar surface area (TPSA) is 56.7 Å². The molecule has 0 bridgehead atoms. The van der Waals surface area contributed by atoms with Gasteiger partial charge in [-0.2, -0.15) is 0 Å². The van der Waals surface area contributed by atoms with Gasteiger partial charge in [-0.15, -0.1) is 10.2 Å². The van der Waals surface area contributed by atoms with Crippen molar-refractivity contribution in [2.45, 2.75) is 25.7 Å². The first kappa shape index (κ1) is 9.19. The second kappa shape index (κ2) is 4.87. The maximum absolute atomic E-state index is 5.38. The first-order valence-corrected chi connectivity index (χ1v) is 4.37. The third-order valence-corrected chi connectivity index (χ3v) is 1.91. The highest BCUT2D eigenvalue weighted by atomic mass is 15.2. The van der Waals surface area contributed by atoms with Crippen LogP contribution < -0.4 is 5.73 Å². The zero-order valence-electron chi connectivity index (χ0n) is 7.53. The second-order valence-electron chi connectivity index (χ2n) is 2.96. The highest BCUT2D eigenvalue weighted by molar-refractivity contribution is 4.83. The minimum Gasteiger partial charge on any atom is -0.330 e. The molecule has 0 fully saturated rings. The molecule has 0 radical (unpaired) electrons. The first-order valence-electron chi connectivity index (χ1n) is 4.37. The van der Waals surface area contributed by atoms with Gasteiger partial charge in [-0.3, -0.25) is 0 Å². The fraction of sp³-hybridized carbons (Fsp3) is 0.750. The molecule has 12 heavy (non-hydrogen) atoms. The third-order valence-electron chi connectivity index (χ3n) is 1.91. The van der Waals surface area contributed by atoms with Crippen LogP contribution in [-0.2, 0) is 13.5 Å². The number of hydrogen-bond acceptors (Lipinski definition) is 3. The largest absolute Gasteiger partial charge is 0.330 e. The van der Waals surface area contributed by atoms with Gasteiger partial charge in [0.1, 0.15) is 12.2 Å².